The number of pyridine rings is 1. The summed E-state index contributed by atoms with van der Waals surface area (Å²) in [6.45, 7) is 5.86. The highest BCUT2D eigenvalue weighted by Gasteiger charge is 1.94. The van der Waals surface area contributed by atoms with Crippen LogP contribution in [0.2, 0.25) is 0 Å². The largest absolute Gasteiger partial charge is 0.279 e. The number of hydrogen-bond donors (Lipinski definition) is 1. The van der Waals surface area contributed by atoms with E-state index in [-0.39, 0.29) is 0 Å². The maximum atomic E-state index is 3.98. The molecule has 1 N–H and O–H groups in total. The third-order valence-corrected chi connectivity index (χ3v) is 1.48. The molecule has 68 valence electrons. The van der Waals surface area contributed by atoms with Crippen LogP contribution in [0.4, 0.5) is 0 Å². The van der Waals surface area contributed by atoms with Crippen molar-refractivity contribution in [3.8, 4) is 0 Å². The molecule has 0 spiro atoms. The summed E-state index contributed by atoms with van der Waals surface area (Å²) in [6.07, 6.45) is 6.18. The second-order valence-corrected chi connectivity index (χ2v) is 2.55. The molecule has 1 rings (SSSR count). The minimum absolute atomic E-state index is 0.762. The minimum atomic E-state index is 0.762. The molecule has 3 nitrogen and oxygen atoms in total. The summed E-state index contributed by atoms with van der Waals surface area (Å²) < 4.78 is 0. The standard InChI is InChI=1S/C10H13N3/c1-3-6-12-13-9(2)10-5-4-7-11-8-10/h4-8,13H,2-3H2,1H3/b12-6-. The molecule has 0 radical (unpaired) electrons. The van der Waals surface area contributed by atoms with Gasteiger partial charge in [-0.1, -0.05) is 13.5 Å². The molecule has 0 fully saturated rings. The summed E-state index contributed by atoms with van der Waals surface area (Å²) in [7, 11) is 0. The fourth-order valence-electron chi connectivity index (χ4n) is 0.821. The zero-order chi connectivity index (χ0) is 9.52. The Hall–Kier alpha value is -1.64. The molecule has 0 aromatic carbocycles. The van der Waals surface area contributed by atoms with Crippen LogP contribution in [0.5, 0.6) is 0 Å². The Morgan fingerprint density at radius 2 is 2.62 bits per heavy atom. The Morgan fingerprint density at radius 1 is 1.77 bits per heavy atom. The van der Waals surface area contributed by atoms with Gasteiger partial charge in [-0.05, 0) is 18.6 Å². The average molecular weight is 175 g/mol. The molecule has 1 heterocycles. The molecule has 0 unspecified atom stereocenters. The average Bonchev–Trinajstić information content (AvgIpc) is 2.19. The number of rotatable bonds is 4. The van der Waals surface area contributed by atoms with Crippen molar-refractivity contribution in [2.24, 2.45) is 5.10 Å². The molecule has 0 aliphatic heterocycles. The number of nitrogens with one attached hydrogen (secondary N) is 1. The lowest BCUT2D eigenvalue weighted by Gasteiger charge is -2.02. The molecule has 13 heavy (non-hydrogen) atoms. The van der Waals surface area contributed by atoms with E-state index in [4.69, 9.17) is 0 Å². The summed E-state index contributed by atoms with van der Waals surface area (Å²) in [5.41, 5.74) is 4.55. The van der Waals surface area contributed by atoms with Crippen molar-refractivity contribution in [3.05, 3.63) is 36.7 Å². The van der Waals surface area contributed by atoms with Gasteiger partial charge in [0.1, 0.15) is 0 Å². The van der Waals surface area contributed by atoms with Crippen molar-refractivity contribution < 1.29 is 0 Å². The van der Waals surface area contributed by atoms with E-state index in [1.807, 2.05) is 19.1 Å². The quantitative estimate of drug-likeness (QED) is 0.561. The Balaban J connectivity index is 2.54. The minimum Gasteiger partial charge on any atom is -0.279 e. The lowest BCUT2D eigenvalue weighted by atomic mass is 10.2. The molecule has 0 amide bonds. The zero-order valence-electron chi connectivity index (χ0n) is 7.70. The Bertz CT molecular complexity index is 290. The molecule has 0 aliphatic carbocycles. The molecule has 1 aromatic rings. The summed E-state index contributed by atoms with van der Waals surface area (Å²) in [5.74, 6) is 0. The number of aromatic nitrogens is 1. The van der Waals surface area contributed by atoms with Crippen molar-refractivity contribution in [1.29, 1.82) is 0 Å². The molecule has 0 bridgehead atoms. The second kappa shape index (κ2) is 5.09. The number of nitrogens with zero attached hydrogens (tertiary/aromatic N) is 2. The number of hydrogen-bond acceptors (Lipinski definition) is 3. The van der Waals surface area contributed by atoms with Gasteiger partial charge in [-0.25, -0.2) is 0 Å². The number of hydrazone groups is 1. The summed E-state index contributed by atoms with van der Waals surface area (Å²) in [6, 6.07) is 3.80. The first-order valence-corrected chi connectivity index (χ1v) is 4.21. The Labute approximate surface area is 78.2 Å². The molecular formula is C10H13N3. The van der Waals surface area contributed by atoms with Crippen LogP contribution in [-0.4, -0.2) is 11.2 Å². The van der Waals surface area contributed by atoms with Crippen LogP contribution in [0.3, 0.4) is 0 Å². The normalized spacial score (nSPS) is 10.2. The van der Waals surface area contributed by atoms with Crippen LogP contribution in [0.25, 0.3) is 5.70 Å². The van der Waals surface area contributed by atoms with Crippen LogP contribution < -0.4 is 5.43 Å². The van der Waals surface area contributed by atoms with Gasteiger partial charge in [-0.3, -0.25) is 10.4 Å². The van der Waals surface area contributed by atoms with Gasteiger partial charge in [-0.2, -0.15) is 5.10 Å². The fraction of sp³-hybridized carbons (Fsp3) is 0.200. The third-order valence-electron chi connectivity index (χ3n) is 1.48. The Morgan fingerprint density at radius 3 is 3.23 bits per heavy atom. The molecule has 0 saturated heterocycles. The highest BCUT2D eigenvalue weighted by Crippen LogP contribution is 2.05. The van der Waals surface area contributed by atoms with E-state index < -0.39 is 0 Å². The van der Waals surface area contributed by atoms with E-state index in [9.17, 15) is 0 Å². The molecule has 3 heteroatoms. The molecule has 0 aliphatic rings. The maximum Gasteiger partial charge on any atom is 0.0577 e. The lowest BCUT2D eigenvalue weighted by molar-refractivity contribution is 0.989. The highest BCUT2D eigenvalue weighted by atomic mass is 15.3. The summed E-state index contributed by atoms with van der Waals surface area (Å²) >= 11 is 0. The lowest BCUT2D eigenvalue weighted by Crippen LogP contribution is -2.02. The van der Waals surface area contributed by atoms with Crippen molar-refractivity contribution in [3.63, 3.8) is 0 Å². The molecule has 1 aromatic heterocycles. The summed E-state index contributed by atoms with van der Waals surface area (Å²) in [5, 5.41) is 3.96. The van der Waals surface area contributed by atoms with E-state index in [1.165, 1.54) is 0 Å². The molecule has 0 atom stereocenters. The predicted octanol–water partition coefficient (Wildman–Crippen LogP) is 2.04. The topological polar surface area (TPSA) is 37.3 Å². The van der Waals surface area contributed by atoms with Crippen LogP contribution in [0, 0.1) is 0 Å². The van der Waals surface area contributed by atoms with Crippen LogP contribution in [0.15, 0.2) is 36.2 Å². The van der Waals surface area contributed by atoms with Gasteiger partial charge in [-0.15, -0.1) is 0 Å². The van der Waals surface area contributed by atoms with E-state index in [0.717, 1.165) is 17.7 Å². The van der Waals surface area contributed by atoms with Crippen molar-refractivity contribution in [1.82, 2.24) is 10.4 Å². The zero-order valence-corrected chi connectivity index (χ0v) is 7.70. The van der Waals surface area contributed by atoms with Gasteiger partial charge in [0.25, 0.3) is 0 Å². The van der Waals surface area contributed by atoms with Crippen molar-refractivity contribution in [2.45, 2.75) is 13.3 Å². The SMILES string of the molecule is C=C(N/N=C\CC)c1cccnc1. The maximum absolute atomic E-state index is 3.98. The smallest absolute Gasteiger partial charge is 0.0577 e. The van der Waals surface area contributed by atoms with Gasteiger partial charge in [0.15, 0.2) is 0 Å². The van der Waals surface area contributed by atoms with Gasteiger partial charge in [0.2, 0.25) is 0 Å². The van der Waals surface area contributed by atoms with E-state index >= 15 is 0 Å². The van der Waals surface area contributed by atoms with Crippen LogP contribution in [0.1, 0.15) is 18.9 Å². The van der Waals surface area contributed by atoms with E-state index in [2.05, 4.69) is 22.1 Å². The second-order valence-electron chi connectivity index (χ2n) is 2.55. The first-order valence-electron chi connectivity index (χ1n) is 4.21. The first kappa shape index (κ1) is 9.45. The van der Waals surface area contributed by atoms with E-state index in [1.54, 1.807) is 18.6 Å². The van der Waals surface area contributed by atoms with Gasteiger partial charge < -0.3 is 0 Å². The van der Waals surface area contributed by atoms with E-state index in [0.29, 0.717) is 0 Å². The summed E-state index contributed by atoms with van der Waals surface area (Å²) in [4.78, 5) is 3.98. The fourth-order valence-corrected chi connectivity index (χ4v) is 0.821. The first-order chi connectivity index (χ1) is 6.34. The van der Waals surface area contributed by atoms with Gasteiger partial charge in [0, 0.05) is 24.2 Å². The Kier molecular flexibility index (Phi) is 3.70. The monoisotopic (exact) mass is 175 g/mol. The van der Waals surface area contributed by atoms with Crippen LogP contribution >= 0.6 is 0 Å². The molecule has 0 saturated carbocycles. The van der Waals surface area contributed by atoms with Crippen LogP contribution in [-0.2, 0) is 0 Å². The van der Waals surface area contributed by atoms with Gasteiger partial charge in [0.05, 0.1) is 5.70 Å². The highest BCUT2D eigenvalue weighted by molar-refractivity contribution is 5.63. The van der Waals surface area contributed by atoms with Crippen molar-refractivity contribution in [2.75, 3.05) is 0 Å². The third kappa shape index (κ3) is 3.07. The van der Waals surface area contributed by atoms with Gasteiger partial charge >= 0.3 is 0 Å². The molecular weight excluding hydrogens is 162 g/mol. The van der Waals surface area contributed by atoms with Crippen molar-refractivity contribution >= 4 is 11.9 Å². The predicted molar refractivity (Wildman–Crippen MR) is 55.2 cm³/mol.